The van der Waals surface area contributed by atoms with Crippen molar-refractivity contribution in [2.75, 3.05) is 0 Å². The average molecular weight is 330 g/mol. The van der Waals surface area contributed by atoms with Crippen LogP contribution in [0.3, 0.4) is 0 Å². The van der Waals surface area contributed by atoms with E-state index in [1.807, 2.05) is 12.3 Å². The number of aromatic nitrogens is 1. The van der Waals surface area contributed by atoms with Gasteiger partial charge in [-0.25, -0.2) is 0 Å². The summed E-state index contributed by atoms with van der Waals surface area (Å²) in [4.78, 5) is 4.22. The van der Waals surface area contributed by atoms with Crippen LogP contribution in [0.5, 0.6) is 0 Å². The minimum Gasteiger partial charge on any atom is -0.664 e. The van der Waals surface area contributed by atoms with Crippen LogP contribution in [0.4, 0.5) is 0 Å². The summed E-state index contributed by atoms with van der Waals surface area (Å²) in [5.74, 6) is 0. The van der Waals surface area contributed by atoms with Crippen molar-refractivity contribution in [3.8, 4) is 0 Å². The van der Waals surface area contributed by atoms with E-state index in [9.17, 15) is 0 Å². The molecule has 0 spiro atoms. The van der Waals surface area contributed by atoms with Crippen LogP contribution in [0.1, 0.15) is 11.1 Å². The van der Waals surface area contributed by atoms with Crippen molar-refractivity contribution in [3.63, 3.8) is 0 Å². The maximum atomic E-state index is 4.22. The van der Waals surface area contributed by atoms with E-state index in [1.165, 1.54) is 16.5 Å². The molecule has 1 radical (unpaired) electrons. The summed E-state index contributed by atoms with van der Waals surface area (Å²) >= 11 is 0. The third-order valence-electron chi connectivity index (χ3n) is 2.11. The summed E-state index contributed by atoms with van der Waals surface area (Å²) in [6.07, 6.45) is 1.85. The predicted molar refractivity (Wildman–Crippen MR) is 46.7 cm³/mol. The fraction of sp³-hybridized carbons (Fsp3) is 0.200. The number of benzene rings is 1. The van der Waals surface area contributed by atoms with E-state index in [4.69, 9.17) is 0 Å². The normalized spacial score (nSPS) is 9.83. The van der Waals surface area contributed by atoms with Crippen LogP contribution in [0.25, 0.3) is 10.9 Å². The summed E-state index contributed by atoms with van der Waals surface area (Å²) in [6.45, 7) is 4.24. The van der Waals surface area contributed by atoms with Gasteiger partial charge >= 0.3 is 0 Å². The molecule has 2 heteroatoms. The van der Waals surface area contributed by atoms with Crippen molar-refractivity contribution >= 4 is 10.9 Å². The van der Waals surface area contributed by atoms with E-state index in [-0.39, 0.29) is 20.4 Å². The second-order valence-electron chi connectivity index (χ2n) is 2.94. The van der Waals surface area contributed by atoms with Crippen LogP contribution >= 0.6 is 0 Å². The second-order valence-corrected chi connectivity index (χ2v) is 2.94. The van der Waals surface area contributed by atoms with Gasteiger partial charge in [0.2, 0.25) is 0 Å². The number of nitrogens with zero attached hydrogens (tertiary/aromatic N) is 1. The van der Waals surface area contributed by atoms with Crippen molar-refractivity contribution < 1.29 is 20.4 Å². The Morgan fingerprint density at radius 3 is 2.50 bits per heavy atom. The number of hydrogen-bond donors (Lipinski definition) is 0. The summed E-state index contributed by atoms with van der Waals surface area (Å²) < 4.78 is 0. The Kier molecular flexibility index (Phi) is 2.72. The van der Waals surface area contributed by atoms with Crippen molar-refractivity contribution in [1.29, 1.82) is 0 Å². The van der Waals surface area contributed by atoms with Gasteiger partial charge in [0.25, 0.3) is 0 Å². The van der Waals surface area contributed by atoms with Gasteiger partial charge in [0.05, 0.1) is 0 Å². The van der Waals surface area contributed by atoms with E-state index >= 15 is 0 Å². The minimum atomic E-state index is 0. The maximum absolute atomic E-state index is 4.22. The van der Waals surface area contributed by atoms with Gasteiger partial charge in [0, 0.05) is 20.4 Å². The van der Waals surface area contributed by atoms with E-state index in [0.29, 0.717) is 0 Å². The van der Waals surface area contributed by atoms with Crippen LogP contribution in [0.15, 0.2) is 24.4 Å². The van der Waals surface area contributed by atoms with Crippen LogP contribution in [-0.2, 0) is 20.4 Å². The van der Waals surface area contributed by atoms with Gasteiger partial charge in [-0.3, -0.25) is 0 Å². The number of hydrogen-bond acceptors (Lipinski definition) is 0. The van der Waals surface area contributed by atoms with Crippen molar-refractivity contribution in [3.05, 3.63) is 35.5 Å². The SMILES string of the molecule is Cc1cc2cc[n-]c2cc1C.[Re]. The first-order valence-electron chi connectivity index (χ1n) is 3.76. The van der Waals surface area contributed by atoms with Gasteiger partial charge in [-0.05, 0) is 30.4 Å². The first-order valence-corrected chi connectivity index (χ1v) is 3.76. The quantitative estimate of drug-likeness (QED) is 0.724. The zero-order chi connectivity index (χ0) is 7.84. The Morgan fingerprint density at radius 2 is 1.75 bits per heavy atom. The van der Waals surface area contributed by atoms with Gasteiger partial charge < -0.3 is 4.98 Å². The van der Waals surface area contributed by atoms with Crippen LogP contribution in [-0.4, -0.2) is 0 Å². The number of aryl methyl sites for hydroxylation is 2. The molecule has 2 rings (SSSR count). The molecule has 1 aromatic heterocycles. The van der Waals surface area contributed by atoms with E-state index in [2.05, 4.69) is 31.0 Å². The number of rotatable bonds is 0. The fourth-order valence-electron chi connectivity index (χ4n) is 1.27. The molecule has 0 N–H and O–H groups in total. The van der Waals surface area contributed by atoms with Crippen molar-refractivity contribution in [1.82, 2.24) is 4.98 Å². The molecule has 0 unspecified atom stereocenters. The zero-order valence-corrected chi connectivity index (χ0v) is 9.85. The molecule has 0 saturated heterocycles. The smallest absolute Gasteiger partial charge is 0 e. The summed E-state index contributed by atoms with van der Waals surface area (Å²) in [5, 5.41) is 1.24. The second kappa shape index (κ2) is 3.43. The van der Waals surface area contributed by atoms with Gasteiger partial charge in [0.15, 0.2) is 0 Å². The molecule has 12 heavy (non-hydrogen) atoms. The minimum absolute atomic E-state index is 0. The van der Waals surface area contributed by atoms with Gasteiger partial charge in [-0.15, -0.1) is 5.52 Å². The molecule has 1 aromatic carbocycles. The third kappa shape index (κ3) is 1.46. The fourth-order valence-corrected chi connectivity index (χ4v) is 1.27. The summed E-state index contributed by atoms with van der Waals surface area (Å²) in [6, 6.07) is 6.35. The molecule has 0 aliphatic heterocycles. The van der Waals surface area contributed by atoms with Crippen LogP contribution < -0.4 is 4.98 Å². The molecule has 0 fully saturated rings. The van der Waals surface area contributed by atoms with Crippen molar-refractivity contribution in [2.24, 2.45) is 0 Å². The first-order chi connectivity index (χ1) is 5.27. The van der Waals surface area contributed by atoms with E-state index in [0.717, 1.165) is 5.52 Å². The molecule has 0 atom stereocenters. The van der Waals surface area contributed by atoms with Gasteiger partial charge in [-0.1, -0.05) is 18.2 Å². The van der Waals surface area contributed by atoms with Crippen LogP contribution in [0.2, 0.25) is 0 Å². The monoisotopic (exact) mass is 331 g/mol. The summed E-state index contributed by atoms with van der Waals surface area (Å²) in [5.41, 5.74) is 3.76. The Bertz CT molecular complexity index is 354. The molecular weight excluding hydrogens is 320 g/mol. The Balaban J connectivity index is 0.000000720. The predicted octanol–water partition coefficient (Wildman–Crippen LogP) is 2.41. The molecule has 2 aromatic rings. The van der Waals surface area contributed by atoms with E-state index in [1.54, 1.807) is 0 Å². The average Bonchev–Trinajstić information content (AvgIpc) is 2.36. The first kappa shape index (κ1) is 9.51. The molecular formula is C10H10NRe-. The molecule has 0 amide bonds. The van der Waals surface area contributed by atoms with E-state index < -0.39 is 0 Å². The molecule has 0 bridgehead atoms. The van der Waals surface area contributed by atoms with Crippen molar-refractivity contribution in [2.45, 2.75) is 13.8 Å². The Labute approximate surface area is 85.8 Å². The molecule has 0 aliphatic rings. The molecule has 0 saturated carbocycles. The van der Waals surface area contributed by atoms with Gasteiger partial charge in [0.1, 0.15) is 0 Å². The Hall–Kier alpha value is -0.578. The standard InChI is InChI=1S/C10H10N.Re/c1-7-5-9-3-4-11-10(9)6-8(7)2;/h3-6H,1-2H3;/q-1;. The molecule has 63 valence electrons. The third-order valence-corrected chi connectivity index (χ3v) is 2.11. The Morgan fingerprint density at radius 1 is 1.08 bits per heavy atom. The molecule has 1 nitrogen and oxygen atoms in total. The largest absolute Gasteiger partial charge is 0.664 e. The summed E-state index contributed by atoms with van der Waals surface area (Å²) in [7, 11) is 0. The van der Waals surface area contributed by atoms with Crippen LogP contribution in [0, 0.1) is 13.8 Å². The molecule has 0 aliphatic carbocycles. The number of fused-ring (bicyclic) bond motifs is 1. The maximum Gasteiger partial charge on any atom is 0 e. The topological polar surface area (TPSA) is 14.1 Å². The zero-order valence-electron chi connectivity index (χ0n) is 7.13. The van der Waals surface area contributed by atoms with Gasteiger partial charge in [-0.2, -0.15) is 6.20 Å². The molecule has 1 heterocycles.